The van der Waals surface area contributed by atoms with Crippen LogP contribution in [0.5, 0.6) is 0 Å². The molecule has 0 aromatic rings. The highest BCUT2D eigenvalue weighted by Gasteiger charge is 1.99. The molecule has 4 heteroatoms. The van der Waals surface area contributed by atoms with E-state index in [1.165, 1.54) is 6.92 Å². The lowest BCUT2D eigenvalue weighted by Crippen LogP contribution is -2.56. The van der Waals surface area contributed by atoms with Crippen molar-refractivity contribution in [3.05, 3.63) is 0 Å². The highest BCUT2D eigenvalue weighted by molar-refractivity contribution is 8.13. The Labute approximate surface area is 58.0 Å². The number of amides is 1. The summed E-state index contributed by atoms with van der Waals surface area (Å²) in [6.07, 6.45) is 0.393. The molecule has 0 aromatic carbocycles. The van der Waals surface area contributed by atoms with Crippen molar-refractivity contribution < 1.29 is 15.3 Å². The summed E-state index contributed by atoms with van der Waals surface area (Å²) >= 11 is 1.16. The Kier molecular flexibility index (Phi) is 4.35. The molecule has 0 bridgehead atoms. The van der Waals surface area contributed by atoms with Gasteiger partial charge in [0.1, 0.15) is 0 Å². The van der Waals surface area contributed by atoms with Gasteiger partial charge in [-0.3, -0.25) is 10.5 Å². The fraction of sp³-hybridized carbons (Fsp3) is 0.600. The molecule has 0 unspecified atom stereocenters. The quantitative estimate of drug-likeness (QED) is 0.582. The van der Waals surface area contributed by atoms with Gasteiger partial charge in [-0.25, -0.2) is 4.79 Å². The van der Waals surface area contributed by atoms with Gasteiger partial charge in [0.25, 0.3) is 0 Å². The van der Waals surface area contributed by atoms with Crippen LogP contribution in [0.1, 0.15) is 13.3 Å². The van der Waals surface area contributed by atoms with Crippen LogP contribution in [0, 0.1) is 0 Å². The van der Waals surface area contributed by atoms with E-state index in [0.29, 0.717) is 12.2 Å². The van der Waals surface area contributed by atoms with E-state index < -0.39 is 0 Å². The lowest BCUT2D eigenvalue weighted by Gasteiger charge is -1.88. The number of quaternary nitrogens is 1. The van der Waals surface area contributed by atoms with Crippen LogP contribution in [0.4, 0.5) is 0 Å². The van der Waals surface area contributed by atoms with Gasteiger partial charge in [0.2, 0.25) is 0 Å². The Balaban J connectivity index is 3.10. The number of rotatable bonds is 3. The molecule has 0 radical (unpaired) electrons. The minimum Gasteiger partial charge on any atom is -0.295 e. The fourth-order valence-corrected chi connectivity index (χ4v) is 0.926. The van der Waals surface area contributed by atoms with Gasteiger partial charge < -0.3 is 0 Å². The van der Waals surface area contributed by atoms with Crippen molar-refractivity contribution in [2.45, 2.75) is 13.3 Å². The number of thioether (sulfide) groups is 1. The maximum Gasteiger partial charge on any atom is 0.309 e. The molecule has 0 aliphatic rings. The van der Waals surface area contributed by atoms with Gasteiger partial charge in [-0.2, -0.15) is 0 Å². The molecular weight excluding hydrogens is 138 g/mol. The number of carbonyl (C=O) groups is 2. The highest BCUT2D eigenvalue weighted by atomic mass is 32.2. The van der Waals surface area contributed by atoms with Gasteiger partial charge in [-0.15, -0.1) is 0 Å². The van der Waals surface area contributed by atoms with Crippen molar-refractivity contribution in [2.75, 3.05) is 5.75 Å². The van der Waals surface area contributed by atoms with E-state index in [0.717, 1.165) is 11.8 Å². The SMILES string of the molecule is CC(=O)SCCC([NH3+])=O. The third-order valence-corrected chi connectivity index (χ3v) is 1.50. The molecule has 0 aliphatic heterocycles. The van der Waals surface area contributed by atoms with E-state index in [-0.39, 0.29) is 11.0 Å². The zero-order valence-corrected chi connectivity index (χ0v) is 6.16. The van der Waals surface area contributed by atoms with Gasteiger partial charge >= 0.3 is 5.91 Å². The van der Waals surface area contributed by atoms with Gasteiger partial charge in [-0.1, -0.05) is 11.8 Å². The summed E-state index contributed by atoms with van der Waals surface area (Å²) in [7, 11) is 0. The molecule has 3 nitrogen and oxygen atoms in total. The zero-order valence-electron chi connectivity index (χ0n) is 5.35. The second-order valence-electron chi connectivity index (χ2n) is 1.63. The lowest BCUT2D eigenvalue weighted by molar-refractivity contribution is -0.305. The van der Waals surface area contributed by atoms with Crippen molar-refractivity contribution in [1.82, 2.24) is 0 Å². The van der Waals surface area contributed by atoms with Gasteiger partial charge in [0.15, 0.2) is 5.12 Å². The van der Waals surface area contributed by atoms with Crippen molar-refractivity contribution in [3.8, 4) is 0 Å². The summed E-state index contributed by atoms with van der Waals surface area (Å²) in [6.45, 7) is 1.48. The average Bonchev–Trinajstić information content (AvgIpc) is 1.63. The van der Waals surface area contributed by atoms with E-state index in [4.69, 9.17) is 0 Å². The first kappa shape index (κ1) is 8.65. The van der Waals surface area contributed by atoms with Crippen LogP contribution in [0.15, 0.2) is 0 Å². The average molecular weight is 148 g/mol. The van der Waals surface area contributed by atoms with E-state index in [1.54, 1.807) is 0 Å². The minimum atomic E-state index is -0.108. The lowest BCUT2D eigenvalue weighted by atomic mass is 10.5. The molecule has 0 saturated carbocycles. The Morgan fingerprint density at radius 3 is 2.44 bits per heavy atom. The van der Waals surface area contributed by atoms with Crippen LogP contribution in [0.3, 0.4) is 0 Å². The van der Waals surface area contributed by atoms with Crippen molar-refractivity contribution in [3.63, 3.8) is 0 Å². The maximum absolute atomic E-state index is 10.3. The van der Waals surface area contributed by atoms with Gasteiger partial charge in [0, 0.05) is 12.7 Å². The maximum atomic E-state index is 10.3. The van der Waals surface area contributed by atoms with E-state index in [2.05, 4.69) is 5.73 Å². The molecule has 9 heavy (non-hydrogen) atoms. The van der Waals surface area contributed by atoms with Crippen LogP contribution in [-0.4, -0.2) is 16.8 Å². The summed E-state index contributed by atoms with van der Waals surface area (Å²) in [5.41, 5.74) is 3.17. The molecule has 0 heterocycles. The molecule has 1 amide bonds. The molecule has 52 valence electrons. The smallest absolute Gasteiger partial charge is 0.295 e. The Morgan fingerprint density at radius 2 is 2.11 bits per heavy atom. The van der Waals surface area contributed by atoms with Crippen molar-refractivity contribution >= 4 is 22.8 Å². The summed E-state index contributed by atoms with van der Waals surface area (Å²) in [5.74, 6) is 0.459. The first-order valence-electron chi connectivity index (χ1n) is 2.61. The Hall–Kier alpha value is -0.350. The number of hydrogen-bond acceptors (Lipinski definition) is 3. The van der Waals surface area contributed by atoms with E-state index >= 15 is 0 Å². The van der Waals surface area contributed by atoms with Crippen LogP contribution in [-0.2, 0) is 9.59 Å². The predicted molar refractivity (Wildman–Crippen MR) is 35.7 cm³/mol. The Bertz CT molecular complexity index is 110. The van der Waals surface area contributed by atoms with Crippen LogP contribution >= 0.6 is 11.8 Å². The largest absolute Gasteiger partial charge is 0.309 e. The molecule has 3 N–H and O–H groups in total. The van der Waals surface area contributed by atoms with Crippen LogP contribution < -0.4 is 5.73 Å². The molecule has 0 atom stereocenters. The summed E-state index contributed by atoms with van der Waals surface area (Å²) in [4.78, 5) is 20.4. The molecule has 0 spiro atoms. The van der Waals surface area contributed by atoms with Crippen molar-refractivity contribution in [1.29, 1.82) is 0 Å². The summed E-state index contributed by atoms with van der Waals surface area (Å²) in [5, 5.41) is 0.0521. The topological polar surface area (TPSA) is 61.8 Å². The standard InChI is InChI=1S/C5H9NO2S/c1-4(7)9-3-2-5(6)8/h2-3H2,1H3,(H2,6,8)/p+1. The molecular formula is C5H10NO2S+. The highest BCUT2D eigenvalue weighted by Crippen LogP contribution is 2.01. The molecule has 0 saturated heterocycles. The van der Waals surface area contributed by atoms with E-state index in [1.807, 2.05) is 0 Å². The first-order valence-corrected chi connectivity index (χ1v) is 3.59. The van der Waals surface area contributed by atoms with Crippen LogP contribution in [0.2, 0.25) is 0 Å². The molecule has 0 fully saturated rings. The first-order chi connectivity index (χ1) is 4.13. The third kappa shape index (κ3) is 7.65. The van der Waals surface area contributed by atoms with Crippen LogP contribution in [0.25, 0.3) is 0 Å². The predicted octanol–water partition coefficient (Wildman–Crippen LogP) is -0.575. The molecule has 0 aromatic heterocycles. The van der Waals surface area contributed by atoms with Gasteiger partial charge in [-0.05, 0) is 0 Å². The molecule has 0 aliphatic carbocycles. The second kappa shape index (κ2) is 4.52. The minimum absolute atomic E-state index is 0.0521. The monoisotopic (exact) mass is 148 g/mol. The summed E-state index contributed by atoms with van der Waals surface area (Å²) in [6, 6.07) is 0. The number of hydrogen-bond donors (Lipinski definition) is 1. The van der Waals surface area contributed by atoms with E-state index in [9.17, 15) is 9.59 Å². The zero-order chi connectivity index (χ0) is 7.28. The Morgan fingerprint density at radius 1 is 1.56 bits per heavy atom. The number of carbonyl (C=O) groups excluding carboxylic acids is 2. The van der Waals surface area contributed by atoms with Gasteiger partial charge in [0.05, 0.1) is 6.42 Å². The third-order valence-electron chi connectivity index (χ3n) is 0.686. The second-order valence-corrected chi connectivity index (χ2v) is 2.90. The fourth-order valence-electron chi connectivity index (χ4n) is 0.309. The van der Waals surface area contributed by atoms with Crippen molar-refractivity contribution in [2.24, 2.45) is 0 Å². The summed E-state index contributed by atoms with van der Waals surface area (Å²) < 4.78 is 0. The normalized spacial score (nSPS) is 9.11. The molecule has 0 rings (SSSR count).